The second-order valence-corrected chi connectivity index (χ2v) is 6.84. The fourth-order valence-corrected chi connectivity index (χ4v) is 3.61. The molecule has 26 heavy (non-hydrogen) atoms. The first-order valence-electron chi connectivity index (χ1n) is 7.83. The molecule has 132 valence electrons. The molecule has 7 heteroatoms. The number of benzene rings is 1. The Balaban J connectivity index is 1.66. The van der Waals surface area contributed by atoms with Gasteiger partial charge in [0.1, 0.15) is 11.9 Å². The van der Waals surface area contributed by atoms with Crippen LogP contribution in [-0.2, 0) is 6.18 Å². The number of carbonyl (C=O) groups is 1. The van der Waals surface area contributed by atoms with Crippen LogP contribution in [0.5, 0.6) is 5.75 Å². The molecule has 0 spiro atoms. The normalized spacial score (nSPS) is 16.9. The minimum absolute atomic E-state index is 0.0464. The summed E-state index contributed by atoms with van der Waals surface area (Å²) in [5.74, 6) is 0.194. The molecule has 0 bridgehead atoms. The number of nitrogens with zero attached hydrogens (tertiary/aromatic N) is 1. The first kappa shape index (κ1) is 16.8. The van der Waals surface area contributed by atoms with Gasteiger partial charge >= 0.3 is 6.18 Å². The summed E-state index contributed by atoms with van der Waals surface area (Å²) in [5, 5.41) is 1.95. The quantitative estimate of drug-likeness (QED) is 0.591. The van der Waals surface area contributed by atoms with Gasteiger partial charge in [0, 0.05) is 11.1 Å². The number of hydrogen-bond acceptors (Lipinski definition) is 4. The summed E-state index contributed by atoms with van der Waals surface area (Å²) in [7, 11) is 0. The molecule has 3 heterocycles. The monoisotopic (exact) mass is 375 g/mol. The maximum absolute atomic E-state index is 12.9. The highest BCUT2D eigenvalue weighted by molar-refractivity contribution is 7.13. The van der Waals surface area contributed by atoms with E-state index in [0.29, 0.717) is 11.3 Å². The molecule has 1 unspecified atom stereocenters. The summed E-state index contributed by atoms with van der Waals surface area (Å²) in [5.41, 5.74) is 0.643. The summed E-state index contributed by atoms with van der Waals surface area (Å²) in [6.07, 6.45) is -4.26. The van der Waals surface area contributed by atoms with Gasteiger partial charge in [0.2, 0.25) is 0 Å². The number of rotatable bonds is 2. The number of alkyl halides is 3. The van der Waals surface area contributed by atoms with Crippen LogP contribution in [0.4, 0.5) is 13.2 Å². The molecular formula is C19H12F3NO2S. The highest BCUT2D eigenvalue weighted by Gasteiger charge is 2.34. The Kier molecular flexibility index (Phi) is 4.03. The molecule has 0 amide bonds. The van der Waals surface area contributed by atoms with E-state index in [0.717, 1.165) is 28.8 Å². The van der Waals surface area contributed by atoms with Crippen LogP contribution < -0.4 is 4.74 Å². The van der Waals surface area contributed by atoms with Gasteiger partial charge < -0.3 is 4.74 Å². The van der Waals surface area contributed by atoms with E-state index in [1.165, 1.54) is 0 Å². The lowest BCUT2D eigenvalue weighted by atomic mass is 9.96. The first-order chi connectivity index (χ1) is 12.4. The van der Waals surface area contributed by atoms with Gasteiger partial charge in [0.05, 0.1) is 23.2 Å². The van der Waals surface area contributed by atoms with Gasteiger partial charge in [-0.1, -0.05) is 6.07 Å². The van der Waals surface area contributed by atoms with Crippen LogP contribution in [0.25, 0.3) is 10.4 Å². The number of hydrogen-bond donors (Lipinski definition) is 0. The van der Waals surface area contributed by atoms with E-state index in [1.54, 1.807) is 23.5 Å². The van der Waals surface area contributed by atoms with E-state index in [1.807, 2.05) is 23.6 Å². The zero-order chi connectivity index (χ0) is 18.3. The Morgan fingerprint density at radius 3 is 2.73 bits per heavy atom. The maximum Gasteiger partial charge on any atom is 0.416 e. The predicted octanol–water partition coefficient (Wildman–Crippen LogP) is 5.54. The van der Waals surface area contributed by atoms with Crippen molar-refractivity contribution in [3.05, 3.63) is 70.9 Å². The molecule has 0 N–H and O–H groups in total. The van der Waals surface area contributed by atoms with Gasteiger partial charge in [0.25, 0.3) is 0 Å². The Morgan fingerprint density at radius 2 is 2.00 bits per heavy atom. The summed E-state index contributed by atoms with van der Waals surface area (Å²) >= 11 is 1.56. The van der Waals surface area contributed by atoms with Crippen molar-refractivity contribution in [3.8, 4) is 16.2 Å². The van der Waals surface area contributed by atoms with Gasteiger partial charge in [0.15, 0.2) is 5.78 Å². The third-order valence-electron chi connectivity index (χ3n) is 4.16. The Bertz CT molecular complexity index is 967. The van der Waals surface area contributed by atoms with E-state index in [2.05, 4.69) is 4.98 Å². The maximum atomic E-state index is 12.9. The number of fused-ring (bicyclic) bond motifs is 1. The molecule has 0 fully saturated rings. The van der Waals surface area contributed by atoms with Crippen molar-refractivity contribution in [2.24, 2.45) is 0 Å². The molecule has 1 atom stereocenters. The van der Waals surface area contributed by atoms with Crippen LogP contribution >= 0.6 is 11.3 Å². The molecule has 1 aromatic carbocycles. The van der Waals surface area contributed by atoms with Crippen LogP contribution in [0.1, 0.15) is 34.1 Å². The number of halogens is 3. The summed E-state index contributed by atoms with van der Waals surface area (Å²) < 4.78 is 44.5. The molecule has 1 aliphatic rings. The van der Waals surface area contributed by atoms with Crippen LogP contribution in [0.15, 0.2) is 54.0 Å². The minimum atomic E-state index is -4.47. The highest BCUT2D eigenvalue weighted by Crippen LogP contribution is 2.38. The van der Waals surface area contributed by atoms with Crippen LogP contribution in [0.2, 0.25) is 0 Å². The molecule has 1 aliphatic heterocycles. The van der Waals surface area contributed by atoms with Crippen molar-refractivity contribution < 1.29 is 22.7 Å². The number of pyridine rings is 1. The van der Waals surface area contributed by atoms with E-state index in [9.17, 15) is 18.0 Å². The lowest BCUT2D eigenvalue weighted by molar-refractivity contribution is -0.137. The summed E-state index contributed by atoms with van der Waals surface area (Å²) in [6.45, 7) is 0. The number of Topliss-reactive ketones (excluding diaryl/α,β-unsaturated/α-hetero) is 1. The molecule has 2 aromatic heterocycles. The standard InChI is InChI=1S/C19H12F3NO2S/c20-19(21,22)12-5-6-23-14(9-12)17-10-15(24)13-8-11(3-4-16(13)25-17)18-2-1-7-26-18/h1-9,17H,10H2. The lowest BCUT2D eigenvalue weighted by Crippen LogP contribution is -2.21. The number of ether oxygens (including phenoxy) is 1. The van der Waals surface area contributed by atoms with Crippen LogP contribution in [-0.4, -0.2) is 10.8 Å². The van der Waals surface area contributed by atoms with Crippen molar-refractivity contribution in [3.63, 3.8) is 0 Å². The van der Waals surface area contributed by atoms with Crippen LogP contribution in [0.3, 0.4) is 0 Å². The van der Waals surface area contributed by atoms with Gasteiger partial charge in [-0.2, -0.15) is 13.2 Å². The number of carbonyl (C=O) groups excluding carboxylic acids is 1. The van der Waals surface area contributed by atoms with E-state index in [-0.39, 0.29) is 17.9 Å². The zero-order valence-electron chi connectivity index (χ0n) is 13.3. The molecule has 4 rings (SSSR count). The van der Waals surface area contributed by atoms with Crippen molar-refractivity contribution >= 4 is 17.1 Å². The first-order valence-corrected chi connectivity index (χ1v) is 8.71. The molecule has 3 aromatic rings. The second kappa shape index (κ2) is 6.25. The fourth-order valence-electron chi connectivity index (χ4n) is 2.89. The molecule has 0 saturated carbocycles. The van der Waals surface area contributed by atoms with Crippen molar-refractivity contribution in [1.82, 2.24) is 4.98 Å². The van der Waals surface area contributed by atoms with E-state index in [4.69, 9.17) is 4.74 Å². The number of thiophene rings is 1. The van der Waals surface area contributed by atoms with Gasteiger partial charge in [-0.25, -0.2) is 0 Å². The minimum Gasteiger partial charge on any atom is -0.483 e. The Labute approximate surface area is 151 Å². The summed E-state index contributed by atoms with van der Waals surface area (Å²) in [6, 6.07) is 11.0. The SMILES string of the molecule is O=C1CC(c2cc(C(F)(F)F)ccn2)Oc2ccc(-c3cccs3)cc21. The third kappa shape index (κ3) is 3.10. The molecule has 3 nitrogen and oxygen atoms in total. The third-order valence-corrected chi connectivity index (χ3v) is 5.08. The van der Waals surface area contributed by atoms with Crippen molar-refractivity contribution in [2.75, 3.05) is 0 Å². The smallest absolute Gasteiger partial charge is 0.416 e. The topological polar surface area (TPSA) is 39.2 Å². The zero-order valence-corrected chi connectivity index (χ0v) is 14.1. The average Bonchev–Trinajstić information content (AvgIpc) is 3.15. The summed E-state index contributed by atoms with van der Waals surface area (Å²) in [4.78, 5) is 17.5. The number of ketones is 1. The Hall–Kier alpha value is -2.67. The van der Waals surface area contributed by atoms with Crippen LogP contribution in [0, 0.1) is 0 Å². The van der Waals surface area contributed by atoms with Crippen molar-refractivity contribution in [1.29, 1.82) is 0 Å². The van der Waals surface area contributed by atoms with Gasteiger partial charge in [-0.05, 0) is 47.3 Å². The Morgan fingerprint density at radius 1 is 1.15 bits per heavy atom. The fraction of sp³-hybridized carbons (Fsp3) is 0.158. The van der Waals surface area contributed by atoms with Crippen molar-refractivity contribution in [2.45, 2.75) is 18.7 Å². The second-order valence-electron chi connectivity index (χ2n) is 5.89. The molecule has 0 aliphatic carbocycles. The average molecular weight is 375 g/mol. The molecule has 0 radical (unpaired) electrons. The van der Waals surface area contributed by atoms with E-state index < -0.39 is 17.8 Å². The lowest BCUT2D eigenvalue weighted by Gasteiger charge is -2.25. The molecule has 0 saturated heterocycles. The number of aromatic nitrogens is 1. The highest BCUT2D eigenvalue weighted by atomic mass is 32.1. The van der Waals surface area contributed by atoms with Gasteiger partial charge in [-0.15, -0.1) is 11.3 Å². The molecular weight excluding hydrogens is 363 g/mol. The van der Waals surface area contributed by atoms with Gasteiger partial charge in [-0.3, -0.25) is 9.78 Å². The largest absolute Gasteiger partial charge is 0.483 e. The van der Waals surface area contributed by atoms with E-state index >= 15 is 0 Å². The predicted molar refractivity (Wildman–Crippen MR) is 91.3 cm³/mol.